The van der Waals surface area contributed by atoms with E-state index in [0.29, 0.717) is 34.5 Å². The fourth-order valence-electron chi connectivity index (χ4n) is 12.1. The molecule has 382 valence electrons. The van der Waals surface area contributed by atoms with E-state index in [4.69, 9.17) is 18.9 Å². The first-order valence-electron chi connectivity index (χ1n) is 25.1. The number of carbonyl (C=O) groups is 6. The van der Waals surface area contributed by atoms with Crippen molar-refractivity contribution in [2.45, 2.75) is 73.5 Å². The molecule has 4 saturated heterocycles. The molecule has 3 amide bonds. The number of benzene rings is 5. The number of piperazine rings is 1. The second-order valence-electron chi connectivity index (χ2n) is 19.8. The summed E-state index contributed by atoms with van der Waals surface area (Å²) < 4.78 is 24.2. The molecule has 0 unspecified atom stereocenters. The molecule has 0 aliphatic carbocycles. The van der Waals surface area contributed by atoms with Crippen LogP contribution in [0.3, 0.4) is 0 Å². The standard InChI is InChI=1S/C58H59N5O11/c1-4-31-72-55(68)46-49-56(69)74-50(37-17-9-6-10-18-37)48(35-15-7-5-8-16-35)63(49)51(58(46)42-19-11-12-20-43(42)60-57(58)70)38-24-28-40(29-25-38)71-32-33-73-54(67)41-34-45-52(65)59-44(21-13-14-30-61(2)3)53(66)62(45)47(41)36-22-26-39(64)27-23-36/h4-12,15-20,22-29,41,44-51,64H,1,13-14,21,30-34H2,2-3H3,(H,59,65)(H,60,70)/t41-,44-,45-,46-,47-,48-,49-,50+,51+,58-/m0/s1. The van der Waals surface area contributed by atoms with Gasteiger partial charge in [0, 0.05) is 5.69 Å². The number of unbranched alkanes of at least 4 members (excludes halogenated alkanes) is 1. The third-order valence-corrected chi connectivity index (χ3v) is 15.2. The van der Waals surface area contributed by atoms with Crippen molar-refractivity contribution in [3.05, 3.63) is 174 Å². The maximum absolute atomic E-state index is 15.1. The predicted octanol–water partition coefficient (Wildman–Crippen LogP) is 6.50. The molecule has 5 aromatic carbocycles. The summed E-state index contributed by atoms with van der Waals surface area (Å²) in [6.07, 6.45) is 2.70. The number of morpholine rings is 1. The molecule has 0 radical (unpaired) electrons. The number of cyclic esters (lactones) is 1. The molecule has 0 saturated carbocycles. The monoisotopic (exact) mass is 1000 g/mol. The summed E-state index contributed by atoms with van der Waals surface area (Å²) in [6.45, 7) is 4.22. The number of phenolic OH excluding ortho intramolecular Hbond substituents is 1. The summed E-state index contributed by atoms with van der Waals surface area (Å²) in [4.78, 5) is 92.0. The van der Waals surface area contributed by atoms with E-state index in [-0.39, 0.29) is 43.8 Å². The van der Waals surface area contributed by atoms with E-state index in [0.717, 1.165) is 30.5 Å². The molecule has 0 aromatic heterocycles. The Labute approximate surface area is 429 Å². The number of hydrogen-bond donors (Lipinski definition) is 3. The first kappa shape index (κ1) is 49.7. The van der Waals surface area contributed by atoms with Gasteiger partial charge in [-0.2, -0.15) is 0 Å². The molecule has 10 rings (SSSR count). The number of carbonyl (C=O) groups excluding carboxylic acids is 6. The molecule has 74 heavy (non-hydrogen) atoms. The fraction of sp³-hybridized carbons (Fsp3) is 0.345. The van der Waals surface area contributed by atoms with Gasteiger partial charge in [0.05, 0.1) is 24.0 Å². The summed E-state index contributed by atoms with van der Waals surface area (Å²) in [7, 11) is 3.96. The van der Waals surface area contributed by atoms with Crippen molar-refractivity contribution in [1.82, 2.24) is 20.0 Å². The van der Waals surface area contributed by atoms with Gasteiger partial charge in [-0.1, -0.05) is 116 Å². The number of anilines is 1. The molecule has 5 aliphatic rings. The summed E-state index contributed by atoms with van der Waals surface area (Å²) in [6, 6.07) is 34.2. The minimum absolute atomic E-state index is 0.0211. The zero-order valence-corrected chi connectivity index (χ0v) is 41.2. The van der Waals surface area contributed by atoms with Crippen LogP contribution in [-0.4, -0.2) is 114 Å². The number of para-hydroxylation sites is 1. The Bertz CT molecular complexity index is 2920. The topological polar surface area (TPSA) is 193 Å². The summed E-state index contributed by atoms with van der Waals surface area (Å²) in [5.41, 5.74) is 2.08. The van der Waals surface area contributed by atoms with Gasteiger partial charge in [0.2, 0.25) is 17.7 Å². The molecule has 16 heteroatoms. The summed E-state index contributed by atoms with van der Waals surface area (Å²) in [5, 5.41) is 16.1. The average Bonchev–Trinajstić information content (AvgIpc) is 4.20. The highest BCUT2D eigenvalue weighted by atomic mass is 16.6. The van der Waals surface area contributed by atoms with Gasteiger partial charge in [-0.15, -0.1) is 0 Å². The zero-order valence-electron chi connectivity index (χ0n) is 41.2. The number of phenols is 1. The number of hydrogen-bond acceptors (Lipinski definition) is 13. The molecule has 5 heterocycles. The van der Waals surface area contributed by atoms with E-state index >= 15 is 4.79 Å². The van der Waals surface area contributed by atoms with Crippen molar-refractivity contribution in [3.8, 4) is 11.5 Å². The number of amides is 3. The van der Waals surface area contributed by atoms with Crippen LogP contribution in [0.2, 0.25) is 0 Å². The molecule has 5 aliphatic heterocycles. The molecule has 1 spiro atoms. The number of nitrogens with one attached hydrogen (secondary N) is 2. The van der Waals surface area contributed by atoms with Gasteiger partial charge in [-0.3, -0.25) is 33.7 Å². The lowest BCUT2D eigenvalue weighted by Gasteiger charge is -2.46. The van der Waals surface area contributed by atoms with Crippen molar-refractivity contribution in [2.75, 3.05) is 45.8 Å². The van der Waals surface area contributed by atoms with Gasteiger partial charge < -0.3 is 44.5 Å². The van der Waals surface area contributed by atoms with Crippen LogP contribution in [0, 0.1) is 11.8 Å². The van der Waals surface area contributed by atoms with E-state index < -0.39 is 83.4 Å². The number of nitrogens with zero attached hydrogens (tertiary/aromatic N) is 3. The van der Waals surface area contributed by atoms with Gasteiger partial charge in [0.15, 0.2) is 0 Å². The highest BCUT2D eigenvalue weighted by Gasteiger charge is 2.74. The van der Waals surface area contributed by atoms with Crippen LogP contribution >= 0.6 is 0 Å². The Kier molecular flexibility index (Phi) is 14.1. The van der Waals surface area contributed by atoms with Crippen LogP contribution in [0.1, 0.15) is 77.7 Å². The first-order valence-corrected chi connectivity index (χ1v) is 25.1. The van der Waals surface area contributed by atoms with E-state index in [1.165, 1.54) is 23.1 Å². The summed E-state index contributed by atoms with van der Waals surface area (Å²) >= 11 is 0. The number of esters is 3. The maximum atomic E-state index is 15.1. The number of fused-ring (bicyclic) bond motifs is 4. The van der Waals surface area contributed by atoms with Crippen molar-refractivity contribution in [3.63, 3.8) is 0 Å². The van der Waals surface area contributed by atoms with E-state index in [9.17, 15) is 29.1 Å². The Hall–Kier alpha value is -7.82. The average molecular weight is 1000 g/mol. The lowest BCUT2D eigenvalue weighted by Crippen LogP contribution is -2.61. The van der Waals surface area contributed by atoms with Crippen molar-refractivity contribution < 1.29 is 52.8 Å². The highest BCUT2D eigenvalue weighted by molar-refractivity contribution is 6.11. The minimum atomic E-state index is -1.70. The van der Waals surface area contributed by atoms with Crippen molar-refractivity contribution in [2.24, 2.45) is 11.8 Å². The van der Waals surface area contributed by atoms with Gasteiger partial charge in [-0.25, -0.2) is 0 Å². The van der Waals surface area contributed by atoms with Gasteiger partial charge in [0.1, 0.15) is 66.9 Å². The SMILES string of the molecule is C=CCOC(=O)[C@@H]1[C@H]2C(=O)O[C@H](c3ccccc3)[C@H](c3ccccc3)N2[C@H](c2ccc(OCCOC(=O)[C@H]3C[C@H]4C(=O)N[C@@H](CCCCN(C)C)C(=O)N4[C@H]3c3ccc(O)cc3)cc2)[C@@]12C(=O)Nc1ccccc12. The molecule has 10 atom stereocenters. The maximum Gasteiger partial charge on any atom is 0.325 e. The van der Waals surface area contributed by atoms with Crippen LogP contribution in [0.4, 0.5) is 5.69 Å². The normalized spacial score (nSPS) is 26.9. The fourth-order valence-corrected chi connectivity index (χ4v) is 12.1. The van der Waals surface area contributed by atoms with Crippen LogP contribution in [0.15, 0.2) is 146 Å². The third-order valence-electron chi connectivity index (χ3n) is 15.2. The van der Waals surface area contributed by atoms with Gasteiger partial charge in [0.25, 0.3) is 0 Å². The quantitative estimate of drug-likeness (QED) is 0.0396. The second kappa shape index (κ2) is 21.0. The lowest BCUT2D eigenvalue weighted by atomic mass is 9.65. The minimum Gasteiger partial charge on any atom is -0.508 e. The zero-order chi connectivity index (χ0) is 51.7. The van der Waals surface area contributed by atoms with Gasteiger partial charge in [-0.05, 0) is 104 Å². The number of aromatic hydroxyl groups is 1. The second-order valence-corrected chi connectivity index (χ2v) is 19.8. The molecule has 5 aromatic rings. The first-order chi connectivity index (χ1) is 35.9. The molecular weight excluding hydrogens is 943 g/mol. The molecule has 0 bridgehead atoms. The largest absolute Gasteiger partial charge is 0.508 e. The molecule has 16 nitrogen and oxygen atoms in total. The van der Waals surface area contributed by atoms with Crippen molar-refractivity contribution >= 4 is 41.3 Å². The van der Waals surface area contributed by atoms with Crippen LogP contribution in [-0.2, 0) is 48.4 Å². The van der Waals surface area contributed by atoms with Crippen molar-refractivity contribution in [1.29, 1.82) is 0 Å². The van der Waals surface area contributed by atoms with Crippen LogP contribution in [0.25, 0.3) is 0 Å². The highest BCUT2D eigenvalue weighted by Crippen LogP contribution is 2.65. The van der Waals surface area contributed by atoms with E-state index in [2.05, 4.69) is 22.1 Å². The predicted molar refractivity (Wildman–Crippen MR) is 271 cm³/mol. The number of rotatable bonds is 17. The Morgan fingerprint density at radius 1 is 0.770 bits per heavy atom. The molecule has 3 N–H and O–H groups in total. The number of ether oxygens (including phenoxy) is 4. The van der Waals surface area contributed by atoms with Crippen LogP contribution < -0.4 is 15.4 Å². The molecular formula is C58H59N5O11. The van der Waals surface area contributed by atoms with Crippen LogP contribution in [0.5, 0.6) is 11.5 Å². The summed E-state index contributed by atoms with van der Waals surface area (Å²) in [5.74, 6) is -4.88. The Morgan fingerprint density at radius 2 is 1.43 bits per heavy atom. The van der Waals surface area contributed by atoms with E-state index in [1.807, 2.05) is 97.9 Å². The van der Waals surface area contributed by atoms with Gasteiger partial charge >= 0.3 is 17.9 Å². The lowest BCUT2D eigenvalue weighted by molar-refractivity contribution is -0.180. The van der Waals surface area contributed by atoms with E-state index in [1.54, 1.807) is 42.5 Å². The molecule has 4 fully saturated rings. The Balaban J connectivity index is 0.929. The smallest absolute Gasteiger partial charge is 0.325 e. The third kappa shape index (κ3) is 8.95. The Morgan fingerprint density at radius 3 is 2.14 bits per heavy atom.